The average molecular weight is 522 g/mol. The second-order valence-corrected chi connectivity index (χ2v) is 7.82. The molecule has 0 radical (unpaired) electrons. The number of esters is 4. The van der Waals surface area contributed by atoms with Crippen LogP contribution in [0.25, 0.3) is 6.08 Å². The molecule has 14 nitrogen and oxygen atoms in total. The van der Waals surface area contributed by atoms with Crippen LogP contribution in [0.2, 0.25) is 0 Å². The van der Waals surface area contributed by atoms with Crippen LogP contribution in [0.5, 0.6) is 0 Å². The maximum atomic E-state index is 12.7. The molecule has 1 fully saturated rings. The second kappa shape index (κ2) is 13.1. The van der Waals surface area contributed by atoms with Crippen molar-refractivity contribution in [1.29, 1.82) is 0 Å². The fourth-order valence-electron chi connectivity index (χ4n) is 3.45. The quantitative estimate of drug-likeness (QED) is 0.158. The van der Waals surface area contributed by atoms with E-state index in [1.165, 1.54) is 30.3 Å². The number of amides is 1. The van der Waals surface area contributed by atoms with E-state index in [0.29, 0.717) is 5.56 Å². The Bertz CT molecular complexity index is 1090. The molecule has 1 aromatic carbocycles. The van der Waals surface area contributed by atoms with Crippen LogP contribution in [-0.2, 0) is 47.7 Å². The zero-order chi connectivity index (χ0) is 27.7. The zero-order valence-corrected chi connectivity index (χ0v) is 20.4. The van der Waals surface area contributed by atoms with Crippen LogP contribution in [-0.4, -0.2) is 72.0 Å². The fraction of sp³-hybridized carbons (Fsp3) is 0.435. The zero-order valence-electron chi connectivity index (χ0n) is 20.4. The molecular formula is C23H26N2O12. The molecule has 1 N–H and O–H groups in total. The molecule has 200 valence electrons. The molecule has 37 heavy (non-hydrogen) atoms. The summed E-state index contributed by atoms with van der Waals surface area (Å²) in [5.74, 6) is -3.88. The van der Waals surface area contributed by atoms with Crippen molar-refractivity contribution in [2.45, 2.75) is 58.3 Å². The Morgan fingerprint density at radius 3 is 2.16 bits per heavy atom. The lowest BCUT2D eigenvalue weighted by Gasteiger charge is -2.44. The SMILES string of the molecule is CC(=O)OC[C@H]1O[C@@H](OC(C)=O)[C@@H](NC(=O)/C=C/c2cccc([N+](=O)[O-])c2)[C@@H](OC(C)=O)[C@H]1OC(C)=O. The average Bonchev–Trinajstić information content (AvgIpc) is 2.79. The van der Waals surface area contributed by atoms with Crippen molar-refractivity contribution in [3.8, 4) is 0 Å². The fourth-order valence-corrected chi connectivity index (χ4v) is 3.45. The van der Waals surface area contributed by atoms with Gasteiger partial charge in [-0.05, 0) is 11.6 Å². The number of non-ortho nitro benzene ring substituents is 1. The largest absolute Gasteiger partial charge is 0.463 e. The van der Waals surface area contributed by atoms with Crippen LogP contribution in [0, 0.1) is 10.1 Å². The molecule has 1 aliphatic heterocycles. The molecule has 0 unspecified atom stereocenters. The molecule has 1 aromatic rings. The molecular weight excluding hydrogens is 496 g/mol. The first-order valence-corrected chi connectivity index (χ1v) is 10.9. The van der Waals surface area contributed by atoms with Gasteiger partial charge in [0.15, 0.2) is 12.2 Å². The van der Waals surface area contributed by atoms with Crippen molar-refractivity contribution in [3.05, 3.63) is 46.0 Å². The molecule has 0 saturated carbocycles. The molecule has 1 heterocycles. The summed E-state index contributed by atoms with van der Waals surface area (Å²) < 4.78 is 26.4. The van der Waals surface area contributed by atoms with E-state index in [9.17, 15) is 34.1 Å². The van der Waals surface area contributed by atoms with E-state index in [2.05, 4.69) is 5.32 Å². The van der Waals surface area contributed by atoms with Crippen LogP contribution in [0.15, 0.2) is 30.3 Å². The molecule has 1 aliphatic rings. The Morgan fingerprint density at radius 1 is 0.973 bits per heavy atom. The standard InChI is InChI=1S/C23H26N2O12/c1-12(26)33-11-18-21(34-13(2)27)22(35-14(3)28)20(23(37-18)36-15(4)29)24-19(30)9-8-16-6-5-7-17(10-16)25(31)32/h5-10,18,20-23H,11H2,1-4H3,(H,24,30)/b9-8+/t18-,20+,21+,22-,23-/m1/s1. The van der Waals surface area contributed by atoms with E-state index in [0.717, 1.165) is 33.8 Å². The molecule has 1 saturated heterocycles. The third kappa shape index (κ3) is 9.00. The summed E-state index contributed by atoms with van der Waals surface area (Å²) in [5.41, 5.74) is 0.160. The van der Waals surface area contributed by atoms with Crippen molar-refractivity contribution in [2.24, 2.45) is 0 Å². The summed E-state index contributed by atoms with van der Waals surface area (Å²) in [4.78, 5) is 69.9. The van der Waals surface area contributed by atoms with Gasteiger partial charge in [-0.1, -0.05) is 12.1 Å². The lowest BCUT2D eigenvalue weighted by molar-refractivity contribution is -0.384. The molecule has 14 heteroatoms. The highest BCUT2D eigenvalue weighted by atomic mass is 16.7. The first-order valence-electron chi connectivity index (χ1n) is 10.9. The number of hydrogen-bond donors (Lipinski definition) is 1. The third-order valence-corrected chi connectivity index (χ3v) is 4.80. The minimum Gasteiger partial charge on any atom is -0.463 e. The molecule has 5 atom stereocenters. The Balaban J connectivity index is 2.38. The van der Waals surface area contributed by atoms with E-state index >= 15 is 0 Å². The number of hydrogen-bond acceptors (Lipinski definition) is 12. The monoisotopic (exact) mass is 522 g/mol. The van der Waals surface area contributed by atoms with Crippen LogP contribution < -0.4 is 5.32 Å². The number of carbonyl (C=O) groups is 5. The van der Waals surface area contributed by atoms with Gasteiger partial charge in [-0.2, -0.15) is 0 Å². The lowest BCUT2D eigenvalue weighted by Crippen LogP contribution is -2.66. The topological polar surface area (TPSA) is 187 Å². The van der Waals surface area contributed by atoms with Crippen LogP contribution in [0.1, 0.15) is 33.3 Å². The van der Waals surface area contributed by atoms with Gasteiger partial charge in [-0.25, -0.2) is 0 Å². The van der Waals surface area contributed by atoms with Gasteiger partial charge >= 0.3 is 23.9 Å². The van der Waals surface area contributed by atoms with E-state index in [-0.39, 0.29) is 5.69 Å². The van der Waals surface area contributed by atoms with Gasteiger partial charge in [-0.3, -0.25) is 34.1 Å². The van der Waals surface area contributed by atoms with Gasteiger partial charge in [-0.15, -0.1) is 0 Å². The van der Waals surface area contributed by atoms with Gasteiger partial charge in [0.05, 0.1) is 4.92 Å². The van der Waals surface area contributed by atoms with Gasteiger partial charge < -0.3 is 29.0 Å². The van der Waals surface area contributed by atoms with E-state index < -0.39 is 72.0 Å². The molecule has 1 amide bonds. The molecule has 0 aliphatic carbocycles. The van der Waals surface area contributed by atoms with E-state index in [1.807, 2.05) is 0 Å². The second-order valence-electron chi connectivity index (χ2n) is 7.82. The number of rotatable bonds is 9. The smallest absolute Gasteiger partial charge is 0.305 e. The minimum atomic E-state index is -1.54. The summed E-state index contributed by atoms with van der Waals surface area (Å²) >= 11 is 0. The Kier molecular flexibility index (Phi) is 10.2. The molecule has 0 spiro atoms. The first kappa shape index (κ1) is 28.9. The van der Waals surface area contributed by atoms with Crippen molar-refractivity contribution in [1.82, 2.24) is 5.32 Å². The van der Waals surface area contributed by atoms with Crippen molar-refractivity contribution in [2.75, 3.05) is 6.61 Å². The Hall–Kier alpha value is -4.33. The first-order chi connectivity index (χ1) is 17.4. The highest BCUT2D eigenvalue weighted by Crippen LogP contribution is 2.28. The summed E-state index contributed by atoms with van der Waals surface area (Å²) in [7, 11) is 0. The summed E-state index contributed by atoms with van der Waals surface area (Å²) in [5, 5.41) is 13.4. The number of ether oxygens (including phenoxy) is 5. The Labute approximate surface area is 211 Å². The number of carbonyl (C=O) groups excluding carboxylic acids is 5. The van der Waals surface area contributed by atoms with Crippen LogP contribution >= 0.6 is 0 Å². The number of benzene rings is 1. The predicted octanol–water partition coefficient (Wildman–Crippen LogP) is 0.807. The normalized spacial score (nSPS) is 23.0. The highest BCUT2D eigenvalue weighted by Gasteiger charge is 2.52. The van der Waals surface area contributed by atoms with E-state index in [4.69, 9.17) is 23.7 Å². The number of nitrogens with one attached hydrogen (secondary N) is 1. The number of nitro benzene ring substituents is 1. The Morgan fingerprint density at radius 2 is 1.59 bits per heavy atom. The molecule has 2 rings (SSSR count). The summed E-state index contributed by atoms with van der Waals surface area (Å²) in [6.07, 6.45) is -3.21. The van der Waals surface area contributed by atoms with Crippen molar-refractivity contribution >= 4 is 41.5 Å². The van der Waals surface area contributed by atoms with Crippen LogP contribution in [0.4, 0.5) is 5.69 Å². The lowest BCUT2D eigenvalue weighted by atomic mass is 9.96. The summed E-state index contributed by atoms with van der Waals surface area (Å²) in [6, 6.07) is 4.12. The van der Waals surface area contributed by atoms with Crippen LogP contribution in [0.3, 0.4) is 0 Å². The minimum absolute atomic E-state index is 0.184. The van der Waals surface area contributed by atoms with Gasteiger partial charge in [0.2, 0.25) is 12.2 Å². The molecule has 0 aromatic heterocycles. The van der Waals surface area contributed by atoms with Gasteiger partial charge in [0, 0.05) is 45.9 Å². The third-order valence-electron chi connectivity index (χ3n) is 4.80. The van der Waals surface area contributed by atoms with Crippen molar-refractivity contribution in [3.63, 3.8) is 0 Å². The van der Waals surface area contributed by atoms with Gasteiger partial charge in [0.1, 0.15) is 18.8 Å². The maximum Gasteiger partial charge on any atom is 0.305 e. The van der Waals surface area contributed by atoms with Gasteiger partial charge in [0.25, 0.3) is 5.69 Å². The number of nitrogens with zero attached hydrogens (tertiary/aromatic N) is 1. The van der Waals surface area contributed by atoms with Crippen molar-refractivity contribution < 1.29 is 52.6 Å². The molecule has 0 bridgehead atoms. The predicted molar refractivity (Wildman–Crippen MR) is 122 cm³/mol. The summed E-state index contributed by atoms with van der Waals surface area (Å²) in [6.45, 7) is 3.92. The van der Waals surface area contributed by atoms with E-state index in [1.54, 1.807) is 0 Å². The number of nitro groups is 1. The maximum absolute atomic E-state index is 12.7. The highest BCUT2D eigenvalue weighted by molar-refractivity contribution is 5.92.